The molecule has 2 nitrogen and oxygen atoms in total. The van der Waals surface area contributed by atoms with Gasteiger partial charge in [0.15, 0.2) is 0 Å². The Labute approximate surface area is 111 Å². The maximum Gasteiger partial charge on any atom is 0.0702 e. The summed E-state index contributed by atoms with van der Waals surface area (Å²) in [6.45, 7) is 9.14. The van der Waals surface area contributed by atoms with E-state index in [1.807, 2.05) is 20.9 Å². The van der Waals surface area contributed by atoms with E-state index in [2.05, 4.69) is 49.1 Å². The molecule has 0 amide bonds. The second kappa shape index (κ2) is 5.91. The van der Waals surface area contributed by atoms with Crippen molar-refractivity contribution in [2.24, 2.45) is 5.41 Å². The Balaban J connectivity index is 2.77. The lowest BCUT2D eigenvalue weighted by atomic mass is 9.94. The van der Waals surface area contributed by atoms with Crippen LogP contribution in [-0.2, 0) is 0 Å². The van der Waals surface area contributed by atoms with E-state index < -0.39 is 0 Å². The van der Waals surface area contributed by atoms with Crippen LogP contribution in [0.15, 0.2) is 24.3 Å². The molecule has 1 rings (SSSR count). The maximum atomic E-state index is 9.06. The van der Waals surface area contributed by atoms with Crippen molar-refractivity contribution in [2.75, 3.05) is 18.5 Å². The van der Waals surface area contributed by atoms with Gasteiger partial charge in [-0.2, -0.15) is 5.26 Å². The third kappa shape index (κ3) is 3.77. The lowest BCUT2D eigenvalue weighted by Gasteiger charge is -2.26. The minimum Gasteiger partial charge on any atom is -0.373 e. The predicted octanol–water partition coefficient (Wildman–Crippen LogP) is 4.19. The summed E-state index contributed by atoms with van der Waals surface area (Å²) in [6.07, 6.45) is 1.16. The zero-order valence-corrected chi connectivity index (χ0v) is 12.2. The van der Waals surface area contributed by atoms with Crippen molar-refractivity contribution in [1.29, 1.82) is 5.26 Å². The fourth-order valence-electron chi connectivity index (χ4n) is 2.01. The molecule has 0 aliphatic rings. The van der Waals surface area contributed by atoms with Crippen LogP contribution in [0, 0.1) is 16.7 Å². The van der Waals surface area contributed by atoms with Crippen LogP contribution in [0.3, 0.4) is 0 Å². The summed E-state index contributed by atoms with van der Waals surface area (Å²) in [4.78, 5) is 2.14. The zero-order chi connectivity index (χ0) is 13.8. The highest BCUT2D eigenvalue weighted by Crippen LogP contribution is 2.24. The molecule has 2 heteroatoms. The van der Waals surface area contributed by atoms with Gasteiger partial charge in [0.05, 0.1) is 11.5 Å². The first-order valence-electron chi connectivity index (χ1n) is 6.62. The molecular formula is C16H24N2. The molecule has 0 aliphatic carbocycles. The first-order chi connectivity index (χ1) is 8.39. The van der Waals surface area contributed by atoms with E-state index >= 15 is 0 Å². The highest BCUT2D eigenvalue weighted by atomic mass is 15.1. The predicted molar refractivity (Wildman–Crippen MR) is 77.8 cm³/mol. The first-order valence-corrected chi connectivity index (χ1v) is 6.62. The van der Waals surface area contributed by atoms with Crippen molar-refractivity contribution in [3.8, 4) is 6.07 Å². The van der Waals surface area contributed by atoms with E-state index in [9.17, 15) is 0 Å². The molecule has 18 heavy (non-hydrogen) atoms. The van der Waals surface area contributed by atoms with Crippen molar-refractivity contribution in [3.05, 3.63) is 29.8 Å². The summed E-state index contributed by atoms with van der Waals surface area (Å²) < 4.78 is 0. The van der Waals surface area contributed by atoms with Crippen molar-refractivity contribution in [2.45, 2.75) is 40.0 Å². The lowest BCUT2D eigenvalue weighted by molar-refractivity contribution is 0.497. The highest BCUT2D eigenvalue weighted by molar-refractivity contribution is 5.47. The molecule has 1 aromatic rings. The topological polar surface area (TPSA) is 27.0 Å². The van der Waals surface area contributed by atoms with Crippen LogP contribution in [0.2, 0.25) is 0 Å². The Morgan fingerprint density at radius 1 is 1.28 bits per heavy atom. The second-order valence-electron chi connectivity index (χ2n) is 5.75. The minimum absolute atomic E-state index is 0.315. The van der Waals surface area contributed by atoms with E-state index in [0.717, 1.165) is 13.0 Å². The van der Waals surface area contributed by atoms with Gasteiger partial charge in [0.25, 0.3) is 0 Å². The van der Waals surface area contributed by atoms with Gasteiger partial charge in [0, 0.05) is 19.3 Å². The summed E-state index contributed by atoms with van der Waals surface area (Å²) in [7, 11) is 2.04. The number of rotatable bonds is 5. The number of nitrogens with zero attached hydrogens (tertiary/aromatic N) is 2. The van der Waals surface area contributed by atoms with Gasteiger partial charge in [-0.15, -0.1) is 0 Å². The summed E-state index contributed by atoms with van der Waals surface area (Å²) in [5.74, 6) is 0.611. The van der Waals surface area contributed by atoms with Gasteiger partial charge in [-0.25, -0.2) is 0 Å². The van der Waals surface area contributed by atoms with Crippen LogP contribution in [-0.4, -0.2) is 13.6 Å². The maximum absolute atomic E-state index is 9.06. The number of nitriles is 1. The minimum atomic E-state index is -0.315. The van der Waals surface area contributed by atoms with E-state index in [-0.39, 0.29) is 5.41 Å². The smallest absolute Gasteiger partial charge is 0.0702 e. The van der Waals surface area contributed by atoms with Crippen LogP contribution in [0.4, 0.5) is 5.69 Å². The third-order valence-electron chi connectivity index (χ3n) is 3.45. The average molecular weight is 244 g/mol. The van der Waals surface area contributed by atoms with Crippen LogP contribution in [0.5, 0.6) is 0 Å². The molecule has 0 radical (unpaired) electrons. The van der Waals surface area contributed by atoms with Crippen molar-refractivity contribution >= 4 is 5.69 Å². The monoisotopic (exact) mass is 244 g/mol. The van der Waals surface area contributed by atoms with Gasteiger partial charge in [-0.1, -0.05) is 26.0 Å². The standard InChI is InChI=1S/C16H24N2/c1-6-13(2)14-7-9-15(10-8-14)18(5)12-16(3,4)11-17/h7-10,13H,6,12H2,1-5H3. The Morgan fingerprint density at radius 3 is 2.28 bits per heavy atom. The zero-order valence-electron chi connectivity index (χ0n) is 12.2. The van der Waals surface area contributed by atoms with Crippen molar-refractivity contribution < 1.29 is 0 Å². The summed E-state index contributed by atoms with van der Waals surface area (Å²) >= 11 is 0. The van der Waals surface area contributed by atoms with E-state index in [0.29, 0.717) is 5.92 Å². The third-order valence-corrected chi connectivity index (χ3v) is 3.45. The van der Waals surface area contributed by atoms with E-state index in [4.69, 9.17) is 5.26 Å². The molecule has 0 aromatic heterocycles. The summed E-state index contributed by atoms with van der Waals surface area (Å²) in [5.41, 5.74) is 2.24. The van der Waals surface area contributed by atoms with Crippen LogP contribution in [0.25, 0.3) is 0 Å². The second-order valence-corrected chi connectivity index (χ2v) is 5.75. The molecule has 0 heterocycles. The Kier molecular flexibility index (Phi) is 4.78. The fourth-order valence-corrected chi connectivity index (χ4v) is 2.01. The molecule has 0 aliphatic heterocycles. The molecule has 98 valence electrons. The molecule has 1 unspecified atom stereocenters. The highest BCUT2D eigenvalue weighted by Gasteiger charge is 2.19. The molecule has 0 saturated carbocycles. The number of hydrogen-bond acceptors (Lipinski definition) is 2. The van der Waals surface area contributed by atoms with Gasteiger partial charge in [0.2, 0.25) is 0 Å². The number of hydrogen-bond donors (Lipinski definition) is 0. The summed E-state index contributed by atoms with van der Waals surface area (Å²) in [6, 6.07) is 11.0. The molecule has 0 N–H and O–H groups in total. The Hall–Kier alpha value is -1.49. The first kappa shape index (κ1) is 14.6. The quantitative estimate of drug-likeness (QED) is 0.776. The Morgan fingerprint density at radius 2 is 1.83 bits per heavy atom. The van der Waals surface area contributed by atoms with Crippen LogP contribution < -0.4 is 4.90 Å². The normalized spacial score (nSPS) is 12.9. The molecule has 0 spiro atoms. The molecule has 0 fully saturated rings. The lowest BCUT2D eigenvalue weighted by Crippen LogP contribution is -2.30. The number of benzene rings is 1. The van der Waals surface area contributed by atoms with Crippen LogP contribution >= 0.6 is 0 Å². The van der Waals surface area contributed by atoms with E-state index in [1.54, 1.807) is 0 Å². The van der Waals surface area contributed by atoms with Gasteiger partial charge in [0.1, 0.15) is 0 Å². The molecule has 1 atom stereocenters. The molecule has 1 aromatic carbocycles. The van der Waals surface area contributed by atoms with Crippen molar-refractivity contribution in [1.82, 2.24) is 0 Å². The van der Waals surface area contributed by atoms with Gasteiger partial charge in [-0.05, 0) is 43.9 Å². The molecule has 0 bridgehead atoms. The van der Waals surface area contributed by atoms with Crippen molar-refractivity contribution in [3.63, 3.8) is 0 Å². The Bertz CT molecular complexity index is 412. The van der Waals surface area contributed by atoms with Crippen LogP contribution in [0.1, 0.15) is 45.6 Å². The van der Waals surface area contributed by atoms with Gasteiger partial charge in [-0.3, -0.25) is 0 Å². The number of anilines is 1. The van der Waals surface area contributed by atoms with E-state index in [1.165, 1.54) is 11.3 Å². The molecular weight excluding hydrogens is 220 g/mol. The van der Waals surface area contributed by atoms with Gasteiger partial charge < -0.3 is 4.90 Å². The average Bonchev–Trinajstić information content (AvgIpc) is 2.37. The fraction of sp³-hybridized carbons (Fsp3) is 0.562. The largest absolute Gasteiger partial charge is 0.373 e. The van der Waals surface area contributed by atoms with Gasteiger partial charge >= 0.3 is 0 Å². The summed E-state index contributed by atoms with van der Waals surface area (Å²) in [5, 5.41) is 9.06. The molecule has 0 saturated heterocycles. The SMILES string of the molecule is CCC(C)c1ccc(N(C)CC(C)(C)C#N)cc1.